The zero-order chi connectivity index (χ0) is 14.6. The maximum Gasteiger partial charge on any atom is 0.253 e. The maximum absolute atomic E-state index is 11.9. The number of anilines is 1. The summed E-state index contributed by atoms with van der Waals surface area (Å²) in [6.07, 6.45) is 1.48. The number of pyridine rings is 1. The van der Waals surface area contributed by atoms with Crippen LogP contribution in [0.15, 0.2) is 12.3 Å². The molecule has 0 unspecified atom stereocenters. The Labute approximate surface area is 112 Å². The fourth-order valence-corrected chi connectivity index (χ4v) is 1.50. The summed E-state index contributed by atoms with van der Waals surface area (Å²) in [6.45, 7) is 7.25. The molecule has 0 aliphatic carbocycles. The van der Waals surface area contributed by atoms with Crippen molar-refractivity contribution in [2.75, 3.05) is 12.3 Å². The Morgan fingerprint density at radius 1 is 1.37 bits per heavy atom. The molecule has 0 spiro atoms. The Kier molecular flexibility index (Phi) is 4.47. The van der Waals surface area contributed by atoms with Gasteiger partial charge in [0.1, 0.15) is 0 Å². The van der Waals surface area contributed by atoms with Gasteiger partial charge in [0.05, 0.1) is 29.7 Å². The molecular formula is C13H20N4O2. The van der Waals surface area contributed by atoms with Crippen molar-refractivity contribution in [3.8, 4) is 0 Å². The summed E-state index contributed by atoms with van der Waals surface area (Å²) in [5, 5.41) is 5.30. The van der Waals surface area contributed by atoms with Gasteiger partial charge in [0.15, 0.2) is 0 Å². The molecule has 0 aliphatic rings. The first-order valence-electron chi connectivity index (χ1n) is 6.00. The molecule has 104 valence electrons. The molecule has 0 atom stereocenters. The Bertz CT molecular complexity index is 492. The zero-order valence-corrected chi connectivity index (χ0v) is 11.7. The summed E-state index contributed by atoms with van der Waals surface area (Å²) in [4.78, 5) is 27.5. The molecule has 4 N–H and O–H groups in total. The molecule has 2 amide bonds. The first-order chi connectivity index (χ1) is 8.69. The van der Waals surface area contributed by atoms with Crippen LogP contribution in [-0.4, -0.2) is 28.9 Å². The fourth-order valence-electron chi connectivity index (χ4n) is 1.50. The SMILES string of the molecule is Cc1ncc(N)cc1C(=O)NCC(=O)NC(C)(C)C. The molecule has 19 heavy (non-hydrogen) atoms. The topological polar surface area (TPSA) is 97.1 Å². The molecule has 0 fully saturated rings. The molecule has 0 saturated heterocycles. The van der Waals surface area contributed by atoms with Crippen LogP contribution in [0.3, 0.4) is 0 Å². The van der Waals surface area contributed by atoms with Gasteiger partial charge in [-0.1, -0.05) is 0 Å². The Morgan fingerprint density at radius 3 is 2.58 bits per heavy atom. The molecular weight excluding hydrogens is 244 g/mol. The van der Waals surface area contributed by atoms with Gasteiger partial charge < -0.3 is 16.4 Å². The van der Waals surface area contributed by atoms with Gasteiger partial charge in [-0.15, -0.1) is 0 Å². The van der Waals surface area contributed by atoms with E-state index in [4.69, 9.17) is 5.73 Å². The normalized spacial score (nSPS) is 10.9. The molecule has 1 heterocycles. The molecule has 1 aromatic rings. The summed E-state index contributed by atoms with van der Waals surface area (Å²) < 4.78 is 0. The number of nitrogens with two attached hydrogens (primary N) is 1. The summed E-state index contributed by atoms with van der Waals surface area (Å²) in [6, 6.07) is 1.54. The number of aromatic nitrogens is 1. The van der Waals surface area contributed by atoms with E-state index < -0.39 is 0 Å². The van der Waals surface area contributed by atoms with Crippen molar-refractivity contribution in [1.82, 2.24) is 15.6 Å². The highest BCUT2D eigenvalue weighted by atomic mass is 16.2. The van der Waals surface area contributed by atoms with Crippen molar-refractivity contribution in [1.29, 1.82) is 0 Å². The van der Waals surface area contributed by atoms with E-state index in [0.717, 1.165) is 0 Å². The average molecular weight is 264 g/mol. The lowest BCUT2D eigenvalue weighted by atomic mass is 10.1. The number of hydrogen-bond acceptors (Lipinski definition) is 4. The minimum atomic E-state index is -0.360. The van der Waals surface area contributed by atoms with Crippen molar-refractivity contribution < 1.29 is 9.59 Å². The van der Waals surface area contributed by atoms with E-state index in [2.05, 4.69) is 15.6 Å². The number of carbonyl (C=O) groups is 2. The van der Waals surface area contributed by atoms with E-state index in [1.165, 1.54) is 6.20 Å². The maximum atomic E-state index is 11.9. The number of aryl methyl sites for hydroxylation is 1. The second-order valence-electron chi connectivity index (χ2n) is 5.38. The van der Waals surface area contributed by atoms with E-state index in [1.807, 2.05) is 20.8 Å². The highest BCUT2D eigenvalue weighted by molar-refractivity contribution is 5.97. The van der Waals surface area contributed by atoms with Crippen LogP contribution in [0.1, 0.15) is 36.8 Å². The van der Waals surface area contributed by atoms with Crippen LogP contribution >= 0.6 is 0 Å². The first kappa shape index (κ1) is 14.9. The Balaban J connectivity index is 2.61. The number of hydrogen-bond donors (Lipinski definition) is 3. The Morgan fingerprint density at radius 2 is 2.00 bits per heavy atom. The predicted molar refractivity (Wildman–Crippen MR) is 73.6 cm³/mol. The smallest absolute Gasteiger partial charge is 0.253 e. The number of nitrogens with one attached hydrogen (secondary N) is 2. The average Bonchev–Trinajstić information content (AvgIpc) is 2.27. The van der Waals surface area contributed by atoms with E-state index in [9.17, 15) is 9.59 Å². The molecule has 0 bridgehead atoms. The zero-order valence-electron chi connectivity index (χ0n) is 11.7. The van der Waals surface area contributed by atoms with E-state index in [-0.39, 0.29) is 23.9 Å². The highest BCUT2D eigenvalue weighted by Crippen LogP contribution is 2.09. The second-order valence-corrected chi connectivity index (χ2v) is 5.38. The number of amides is 2. The summed E-state index contributed by atoms with van der Waals surface area (Å²) in [5.41, 5.74) is 6.62. The van der Waals surface area contributed by atoms with Gasteiger partial charge in [0, 0.05) is 5.54 Å². The van der Waals surface area contributed by atoms with Crippen molar-refractivity contribution in [3.05, 3.63) is 23.5 Å². The lowest BCUT2D eigenvalue weighted by Crippen LogP contribution is -2.45. The molecule has 0 aromatic carbocycles. The quantitative estimate of drug-likeness (QED) is 0.745. The number of carbonyl (C=O) groups excluding carboxylic acids is 2. The lowest BCUT2D eigenvalue weighted by Gasteiger charge is -2.20. The van der Waals surface area contributed by atoms with Gasteiger partial charge in [-0.2, -0.15) is 0 Å². The van der Waals surface area contributed by atoms with E-state index in [1.54, 1.807) is 13.0 Å². The summed E-state index contributed by atoms with van der Waals surface area (Å²) in [5.74, 6) is -0.600. The predicted octanol–water partition coefficient (Wildman–Crippen LogP) is 0.617. The van der Waals surface area contributed by atoms with Crippen molar-refractivity contribution >= 4 is 17.5 Å². The van der Waals surface area contributed by atoms with Crippen LogP contribution in [0.2, 0.25) is 0 Å². The first-order valence-corrected chi connectivity index (χ1v) is 6.00. The van der Waals surface area contributed by atoms with Gasteiger partial charge in [-0.05, 0) is 33.8 Å². The number of nitrogen functional groups attached to an aromatic ring is 1. The van der Waals surface area contributed by atoms with E-state index in [0.29, 0.717) is 16.9 Å². The van der Waals surface area contributed by atoms with Crippen molar-refractivity contribution in [2.24, 2.45) is 0 Å². The third kappa shape index (κ3) is 4.95. The highest BCUT2D eigenvalue weighted by Gasteiger charge is 2.15. The van der Waals surface area contributed by atoms with Gasteiger partial charge in [0.2, 0.25) is 5.91 Å². The minimum absolute atomic E-state index is 0.0790. The largest absolute Gasteiger partial charge is 0.397 e. The minimum Gasteiger partial charge on any atom is -0.397 e. The van der Waals surface area contributed by atoms with Crippen LogP contribution in [0.4, 0.5) is 5.69 Å². The van der Waals surface area contributed by atoms with Crippen LogP contribution in [0, 0.1) is 6.92 Å². The Hall–Kier alpha value is -2.11. The van der Waals surface area contributed by atoms with Crippen LogP contribution < -0.4 is 16.4 Å². The third-order valence-electron chi connectivity index (χ3n) is 2.28. The molecule has 0 saturated carbocycles. The van der Waals surface area contributed by atoms with Gasteiger partial charge >= 0.3 is 0 Å². The van der Waals surface area contributed by atoms with E-state index >= 15 is 0 Å². The summed E-state index contributed by atoms with van der Waals surface area (Å²) in [7, 11) is 0. The van der Waals surface area contributed by atoms with Crippen molar-refractivity contribution in [2.45, 2.75) is 33.2 Å². The molecule has 0 aliphatic heterocycles. The molecule has 1 aromatic heterocycles. The number of nitrogens with zero attached hydrogens (tertiary/aromatic N) is 1. The lowest BCUT2D eigenvalue weighted by molar-refractivity contribution is -0.121. The van der Waals surface area contributed by atoms with Gasteiger partial charge in [-0.25, -0.2) is 0 Å². The number of rotatable bonds is 3. The molecule has 0 radical (unpaired) electrons. The van der Waals surface area contributed by atoms with Gasteiger partial charge in [-0.3, -0.25) is 14.6 Å². The fraction of sp³-hybridized carbons (Fsp3) is 0.462. The molecule has 6 heteroatoms. The monoisotopic (exact) mass is 264 g/mol. The van der Waals surface area contributed by atoms with Crippen LogP contribution in [0.5, 0.6) is 0 Å². The van der Waals surface area contributed by atoms with Crippen molar-refractivity contribution in [3.63, 3.8) is 0 Å². The molecule has 6 nitrogen and oxygen atoms in total. The van der Waals surface area contributed by atoms with Gasteiger partial charge in [0.25, 0.3) is 5.91 Å². The third-order valence-corrected chi connectivity index (χ3v) is 2.28. The standard InChI is InChI=1S/C13H20N4O2/c1-8-10(5-9(14)6-15-8)12(19)16-7-11(18)17-13(2,3)4/h5-6H,7,14H2,1-4H3,(H,16,19)(H,17,18). The van der Waals surface area contributed by atoms with Crippen LogP contribution in [0.25, 0.3) is 0 Å². The second kappa shape index (κ2) is 5.69. The van der Waals surface area contributed by atoms with Crippen LogP contribution in [-0.2, 0) is 4.79 Å². The molecule has 1 rings (SSSR count). The summed E-state index contributed by atoms with van der Waals surface area (Å²) >= 11 is 0.